The first kappa shape index (κ1) is 14.1. The molecule has 1 atom stereocenters. The van der Waals surface area contributed by atoms with Gasteiger partial charge in [-0.15, -0.1) is 0 Å². The van der Waals surface area contributed by atoms with E-state index in [1.165, 1.54) is 20.0 Å². The molecule has 1 aromatic rings. The number of carbonyl (C=O) groups is 2. The Balaban J connectivity index is 1.86. The van der Waals surface area contributed by atoms with Gasteiger partial charge in [0.2, 0.25) is 5.91 Å². The molecule has 6 heteroatoms. The fourth-order valence-electron chi connectivity index (χ4n) is 3.38. The first-order valence-electron chi connectivity index (χ1n) is 7.54. The van der Waals surface area contributed by atoms with Gasteiger partial charge < -0.3 is 4.74 Å². The lowest BCUT2D eigenvalue weighted by atomic mass is 10.1. The van der Waals surface area contributed by atoms with E-state index < -0.39 is 0 Å². The summed E-state index contributed by atoms with van der Waals surface area (Å²) in [5.41, 5.74) is 0.909. The second-order valence-corrected chi connectivity index (χ2v) is 5.96. The molecule has 1 saturated heterocycles. The lowest BCUT2D eigenvalue weighted by Crippen LogP contribution is -2.29. The van der Waals surface area contributed by atoms with Gasteiger partial charge in [0.1, 0.15) is 5.82 Å². The smallest absolute Gasteiger partial charge is 0.311 e. The fraction of sp³-hybridized carbons (Fsp3) is 0.667. The third-order valence-electron chi connectivity index (χ3n) is 4.44. The number of esters is 1. The van der Waals surface area contributed by atoms with E-state index in [0.29, 0.717) is 12.6 Å². The van der Waals surface area contributed by atoms with Crippen LogP contribution in [0.15, 0.2) is 6.07 Å². The maximum Gasteiger partial charge on any atom is 0.311 e. The molecular weight excluding hydrogens is 270 g/mol. The van der Waals surface area contributed by atoms with E-state index in [4.69, 9.17) is 4.74 Å². The van der Waals surface area contributed by atoms with Crippen LogP contribution in [0.25, 0.3) is 0 Å². The molecule has 0 radical (unpaired) electrons. The molecule has 1 saturated carbocycles. The highest BCUT2D eigenvalue weighted by Gasteiger charge is 2.38. The van der Waals surface area contributed by atoms with Crippen LogP contribution in [-0.4, -0.2) is 35.3 Å². The van der Waals surface area contributed by atoms with E-state index in [1.807, 2.05) is 17.7 Å². The standard InChI is InChI=1S/C15H21N3O3/c1-10-7-13(18(16-10)12-5-3-4-6-12)17-9-11(8-14(17)19)15(20)21-2/h7,11-12H,3-6,8-9H2,1-2H3. The summed E-state index contributed by atoms with van der Waals surface area (Å²) >= 11 is 0. The van der Waals surface area contributed by atoms with Crippen molar-refractivity contribution < 1.29 is 14.3 Å². The summed E-state index contributed by atoms with van der Waals surface area (Å²) in [5, 5.41) is 4.57. The third-order valence-corrected chi connectivity index (χ3v) is 4.44. The van der Waals surface area contributed by atoms with Crippen LogP contribution in [0.3, 0.4) is 0 Å². The van der Waals surface area contributed by atoms with Gasteiger partial charge in [0.25, 0.3) is 0 Å². The van der Waals surface area contributed by atoms with Crippen LogP contribution >= 0.6 is 0 Å². The summed E-state index contributed by atoms with van der Waals surface area (Å²) in [7, 11) is 1.36. The van der Waals surface area contributed by atoms with Crippen molar-refractivity contribution >= 4 is 17.7 Å². The molecular formula is C15H21N3O3. The van der Waals surface area contributed by atoms with Gasteiger partial charge in [-0.2, -0.15) is 5.10 Å². The topological polar surface area (TPSA) is 64.4 Å². The average molecular weight is 291 g/mol. The van der Waals surface area contributed by atoms with Crippen LogP contribution in [0.2, 0.25) is 0 Å². The highest BCUT2D eigenvalue weighted by atomic mass is 16.5. The van der Waals surface area contributed by atoms with Crippen LogP contribution < -0.4 is 4.90 Å². The molecule has 1 unspecified atom stereocenters. The number of carbonyl (C=O) groups excluding carboxylic acids is 2. The van der Waals surface area contributed by atoms with E-state index in [9.17, 15) is 9.59 Å². The van der Waals surface area contributed by atoms with Crippen molar-refractivity contribution in [2.75, 3.05) is 18.6 Å². The number of aromatic nitrogens is 2. The molecule has 1 aliphatic carbocycles. The van der Waals surface area contributed by atoms with Crippen molar-refractivity contribution in [3.63, 3.8) is 0 Å². The summed E-state index contributed by atoms with van der Waals surface area (Å²) in [6, 6.07) is 2.31. The van der Waals surface area contributed by atoms with E-state index >= 15 is 0 Å². The molecule has 2 aliphatic rings. The summed E-state index contributed by atoms with van der Waals surface area (Å²) < 4.78 is 6.75. The lowest BCUT2D eigenvalue weighted by molar-refractivity contribution is -0.145. The van der Waals surface area contributed by atoms with Crippen LogP contribution in [0.5, 0.6) is 0 Å². The summed E-state index contributed by atoms with van der Waals surface area (Å²) in [6.07, 6.45) is 4.86. The van der Waals surface area contributed by atoms with Crippen LogP contribution in [0, 0.1) is 12.8 Å². The van der Waals surface area contributed by atoms with Gasteiger partial charge in [-0.3, -0.25) is 14.5 Å². The van der Waals surface area contributed by atoms with E-state index in [2.05, 4.69) is 5.10 Å². The number of hydrogen-bond acceptors (Lipinski definition) is 4. The Hall–Kier alpha value is -1.85. The zero-order chi connectivity index (χ0) is 15.0. The zero-order valence-electron chi connectivity index (χ0n) is 12.5. The van der Waals surface area contributed by atoms with Gasteiger partial charge in [-0.1, -0.05) is 12.8 Å². The Bertz CT molecular complexity index is 561. The molecule has 1 amide bonds. The van der Waals surface area contributed by atoms with E-state index in [1.54, 1.807) is 4.90 Å². The van der Waals surface area contributed by atoms with Crippen LogP contribution in [-0.2, 0) is 14.3 Å². The molecule has 114 valence electrons. The Labute approximate surface area is 124 Å². The highest BCUT2D eigenvalue weighted by molar-refractivity contribution is 5.98. The molecule has 1 aliphatic heterocycles. The molecule has 3 rings (SSSR count). The van der Waals surface area contributed by atoms with Crippen molar-refractivity contribution in [3.05, 3.63) is 11.8 Å². The maximum absolute atomic E-state index is 12.3. The van der Waals surface area contributed by atoms with Crippen LogP contribution in [0.4, 0.5) is 5.82 Å². The number of anilines is 1. The molecule has 0 bridgehead atoms. The highest BCUT2D eigenvalue weighted by Crippen LogP contribution is 2.35. The lowest BCUT2D eigenvalue weighted by Gasteiger charge is -2.21. The van der Waals surface area contributed by atoms with Gasteiger partial charge in [0.15, 0.2) is 0 Å². The normalized spacial score (nSPS) is 23.0. The minimum Gasteiger partial charge on any atom is -0.469 e. The number of hydrogen-bond donors (Lipinski definition) is 0. The second kappa shape index (κ2) is 5.50. The first-order chi connectivity index (χ1) is 10.1. The summed E-state index contributed by atoms with van der Waals surface area (Å²) in [6.45, 7) is 2.33. The number of methoxy groups -OCH3 is 1. The largest absolute Gasteiger partial charge is 0.469 e. The third kappa shape index (κ3) is 2.54. The molecule has 1 aromatic heterocycles. The van der Waals surface area contributed by atoms with Crippen molar-refractivity contribution in [1.82, 2.24) is 9.78 Å². The number of aryl methyl sites for hydroxylation is 1. The molecule has 2 heterocycles. The average Bonchev–Trinajstić information content (AvgIpc) is 3.16. The number of nitrogens with zero attached hydrogens (tertiary/aromatic N) is 3. The maximum atomic E-state index is 12.3. The number of amides is 1. The Morgan fingerprint density at radius 3 is 2.76 bits per heavy atom. The minimum absolute atomic E-state index is 0.0236. The molecule has 0 N–H and O–H groups in total. The van der Waals surface area contributed by atoms with E-state index in [0.717, 1.165) is 24.4 Å². The predicted molar refractivity (Wildman–Crippen MR) is 76.9 cm³/mol. The number of ether oxygens (including phenoxy) is 1. The van der Waals surface area contributed by atoms with E-state index in [-0.39, 0.29) is 24.2 Å². The Morgan fingerprint density at radius 2 is 2.10 bits per heavy atom. The van der Waals surface area contributed by atoms with Crippen molar-refractivity contribution in [2.45, 2.75) is 45.1 Å². The predicted octanol–water partition coefficient (Wildman–Crippen LogP) is 1.83. The Morgan fingerprint density at radius 1 is 1.38 bits per heavy atom. The van der Waals surface area contributed by atoms with Crippen molar-refractivity contribution in [3.8, 4) is 0 Å². The summed E-state index contributed by atoms with van der Waals surface area (Å²) in [4.78, 5) is 25.6. The first-order valence-corrected chi connectivity index (χ1v) is 7.54. The molecule has 21 heavy (non-hydrogen) atoms. The van der Waals surface area contributed by atoms with Crippen molar-refractivity contribution in [2.24, 2.45) is 5.92 Å². The molecule has 2 fully saturated rings. The monoisotopic (exact) mass is 291 g/mol. The van der Waals surface area contributed by atoms with Gasteiger partial charge in [0.05, 0.1) is 24.8 Å². The van der Waals surface area contributed by atoms with Gasteiger partial charge in [-0.05, 0) is 19.8 Å². The summed E-state index contributed by atoms with van der Waals surface area (Å²) in [5.74, 6) is 0.129. The molecule has 0 spiro atoms. The molecule has 6 nitrogen and oxygen atoms in total. The Kier molecular flexibility index (Phi) is 3.69. The van der Waals surface area contributed by atoms with Gasteiger partial charge in [0, 0.05) is 19.0 Å². The van der Waals surface area contributed by atoms with Gasteiger partial charge >= 0.3 is 5.97 Å². The SMILES string of the molecule is COC(=O)C1CC(=O)N(c2cc(C)nn2C2CCCC2)C1. The second-order valence-electron chi connectivity index (χ2n) is 5.96. The molecule has 0 aromatic carbocycles. The minimum atomic E-state index is -0.366. The van der Waals surface area contributed by atoms with Crippen molar-refractivity contribution in [1.29, 1.82) is 0 Å². The van der Waals surface area contributed by atoms with Gasteiger partial charge in [-0.25, -0.2) is 4.68 Å². The number of rotatable bonds is 3. The zero-order valence-corrected chi connectivity index (χ0v) is 12.5. The fourth-order valence-corrected chi connectivity index (χ4v) is 3.38. The van der Waals surface area contributed by atoms with Crippen LogP contribution in [0.1, 0.15) is 43.8 Å². The quantitative estimate of drug-likeness (QED) is 0.797.